The number of alkyl halides is 3. The molecule has 0 heterocycles. The minimum atomic E-state index is -4.45. The van der Waals surface area contributed by atoms with E-state index in [9.17, 15) is 18.3 Å². The second-order valence-electron chi connectivity index (χ2n) is 5.01. The quantitative estimate of drug-likeness (QED) is 0.864. The van der Waals surface area contributed by atoms with Gasteiger partial charge in [0.05, 0.1) is 12.7 Å². The van der Waals surface area contributed by atoms with Crippen LogP contribution < -0.4 is 4.74 Å². The van der Waals surface area contributed by atoms with Gasteiger partial charge in [0.1, 0.15) is 11.9 Å². The zero-order valence-corrected chi connectivity index (χ0v) is 12.4. The van der Waals surface area contributed by atoms with Crippen molar-refractivity contribution in [2.75, 3.05) is 7.11 Å². The summed E-state index contributed by atoms with van der Waals surface area (Å²) >= 11 is 0. The molecule has 0 aliphatic heterocycles. The summed E-state index contributed by atoms with van der Waals surface area (Å²) in [5.74, 6) is 2.79. The fourth-order valence-electron chi connectivity index (χ4n) is 2.26. The Hall–Kier alpha value is -2.45. The summed E-state index contributed by atoms with van der Waals surface area (Å²) in [7, 11) is 1.53. The molecule has 0 radical (unpaired) electrons. The van der Waals surface area contributed by atoms with Crippen molar-refractivity contribution in [2.24, 2.45) is 0 Å². The maximum absolute atomic E-state index is 12.9. The highest BCUT2D eigenvalue weighted by molar-refractivity contribution is 5.41. The Balaban J connectivity index is 2.42. The zero-order chi connectivity index (χ0) is 17.0. The van der Waals surface area contributed by atoms with E-state index >= 15 is 0 Å². The molecule has 120 valence electrons. The smallest absolute Gasteiger partial charge is 0.416 e. The maximum Gasteiger partial charge on any atom is 0.416 e. The average molecular weight is 320 g/mol. The van der Waals surface area contributed by atoms with E-state index in [1.54, 1.807) is 24.3 Å². The first kappa shape index (κ1) is 16.9. The summed E-state index contributed by atoms with van der Waals surface area (Å²) in [6, 6.07) is 10.1. The van der Waals surface area contributed by atoms with Crippen LogP contribution in [0.15, 0.2) is 42.5 Å². The highest BCUT2D eigenvalue weighted by atomic mass is 19.4. The van der Waals surface area contributed by atoms with Gasteiger partial charge in [0.25, 0.3) is 0 Å². The lowest BCUT2D eigenvalue weighted by molar-refractivity contribution is -0.137. The van der Waals surface area contributed by atoms with Gasteiger partial charge in [-0.25, -0.2) is 0 Å². The van der Waals surface area contributed by atoms with Gasteiger partial charge in [0, 0.05) is 0 Å². The largest absolute Gasteiger partial charge is 0.497 e. The first-order valence-corrected chi connectivity index (χ1v) is 6.82. The van der Waals surface area contributed by atoms with E-state index in [2.05, 4.69) is 5.92 Å². The van der Waals surface area contributed by atoms with Gasteiger partial charge in [0.15, 0.2) is 0 Å². The highest BCUT2D eigenvalue weighted by Gasteiger charge is 2.31. The van der Waals surface area contributed by atoms with Crippen molar-refractivity contribution in [3.8, 4) is 18.1 Å². The lowest BCUT2D eigenvalue weighted by atomic mass is 9.94. The molecule has 23 heavy (non-hydrogen) atoms. The summed E-state index contributed by atoms with van der Waals surface area (Å²) in [5, 5.41) is 9.83. The molecule has 2 aromatic rings. The van der Waals surface area contributed by atoms with Crippen molar-refractivity contribution in [3.63, 3.8) is 0 Å². The van der Waals surface area contributed by atoms with Crippen molar-refractivity contribution in [1.82, 2.24) is 0 Å². The Morgan fingerprint density at radius 1 is 1.17 bits per heavy atom. The van der Waals surface area contributed by atoms with Crippen LogP contribution in [0.2, 0.25) is 0 Å². The molecule has 0 aromatic heterocycles. The number of ether oxygens (including phenoxy) is 1. The molecule has 1 unspecified atom stereocenters. The van der Waals surface area contributed by atoms with Crippen LogP contribution in [-0.2, 0) is 12.6 Å². The molecule has 0 saturated carbocycles. The fourth-order valence-corrected chi connectivity index (χ4v) is 2.26. The molecule has 2 nitrogen and oxygen atoms in total. The fraction of sp³-hybridized carbons (Fsp3) is 0.222. The van der Waals surface area contributed by atoms with Gasteiger partial charge in [-0.05, 0) is 47.4 Å². The van der Waals surface area contributed by atoms with Crippen LogP contribution in [0.25, 0.3) is 0 Å². The standard InChI is InChI=1S/C18H15F3O2/c1-3-17(22)16-9-6-14(18(19,20)21)11-13(16)10-12-4-7-15(23-2)8-5-12/h1,4-9,11,17,22H,10H2,2H3. The molecule has 0 bridgehead atoms. The minimum absolute atomic E-state index is 0.224. The topological polar surface area (TPSA) is 29.5 Å². The number of aliphatic hydroxyl groups is 1. The molecule has 0 saturated heterocycles. The Labute approximate surface area is 132 Å². The predicted octanol–water partition coefficient (Wildman–Crippen LogP) is 3.97. The number of benzene rings is 2. The van der Waals surface area contributed by atoms with Crippen LogP contribution in [0.4, 0.5) is 13.2 Å². The van der Waals surface area contributed by atoms with E-state index in [1.165, 1.54) is 13.2 Å². The number of rotatable bonds is 4. The van der Waals surface area contributed by atoms with Crippen LogP contribution in [0.1, 0.15) is 28.4 Å². The summed E-state index contributed by atoms with van der Waals surface area (Å²) in [5.41, 5.74) is 0.663. The molecule has 0 amide bonds. The Kier molecular flexibility index (Phi) is 4.97. The van der Waals surface area contributed by atoms with Gasteiger partial charge in [-0.2, -0.15) is 13.2 Å². The minimum Gasteiger partial charge on any atom is -0.497 e. The first-order chi connectivity index (χ1) is 10.8. The predicted molar refractivity (Wildman–Crippen MR) is 81.0 cm³/mol. The highest BCUT2D eigenvalue weighted by Crippen LogP contribution is 2.32. The van der Waals surface area contributed by atoms with Crippen molar-refractivity contribution >= 4 is 0 Å². The third-order valence-corrected chi connectivity index (χ3v) is 3.48. The van der Waals surface area contributed by atoms with Gasteiger partial charge in [-0.3, -0.25) is 0 Å². The van der Waals surface area contributed by atoms with E-state index in [0.29, 0.717) is 16.9 Å². The second kappa shape index (κ2) is 6.76. The summed E-state index contributed by atoms with van der Waals surface area (Å²) < 4.78 is 43.7. The lowest BCUT2D eigenvalue weighted by Gasteiger charge is -2.15. The lowest BCUT2D eigenvalue weighted by Crippen LogP contribution is -2.09. The van der Waals surface area contributed by atoms with E-state index in [1.807, 2.05) is 0 Å². The van der Waals surface area contributed by atoms with Gasteiger partial charge in [-0.1, -0.05) is 24.1 Å². The molecule has 0 aliphatic carbocycles. The molecule has 1 atom stereocenters. The molecule has 2 rings (SSSR count). The van der Waals surface area contributed by atoms with Gasteiger partial charge in [0.2, 0.25) is 0 Å². The zero-order valence-electron chi connectivity index (χ0n) is 12.4. The summed E-state index contributed by atoms with van der Waals surface area (Å²) in [6.45, 7) is 0. The van der Waals surface area contributed by atoms with Crippen LogP contribution in [0.5, 0.6) is 5.75 Å². The molecule has 2 aromatic carbocycles. The Bertz CT molecular complexity index is 713. The van der Waals surface area contributed by atoms with E-state index < -0.39 is 17.8 Å². The van der Waals surface area contributed by atoms with Crippen molar-refractivity contribution in [3.05, 3.63) is 64.7 Å². The normalized spacial score (nSPS) is 12.5. The van der Waals surface area contributed by atoms with Crippen molar-refractivity contribution in [1.29, 1.82) is 0 Å². The molecule has 1 N–H and O–H groups in total. The van der Waals surface area contributed by atoms with Crippen LogP contribution in [-0.4, -0.2) is 12.2 Å². The van der Waals surface area contributed by atoms with Crippen molar-refractivity contribution in [2.45, 2.75) is 18.7 Å². The number of methoxy groups -OCH3 is 1. The summed E-state index contributed by atoms with van der Waals surface area (Å²) in [6.07, 6.45) is -0.281. The summed E-state index contributed by atoms with van der Waals surface area (Å²) in [4.78, 5) is 0. The third-order valence-electron chi connectivity index (χ3n) is 3.48. The van der Waals surface area contributed by atoms with Gasteiger partial charge in [-0.15, -0.1) is 6.42 Å². The molecule has 5 heteroatoms. The monoisotopic (exact) mass is 320 g/mol. The number of halogens is 3. The second-order valence-corrected chi connectivity index (χ2v) is 5.01. The van der Waals surface area contributed by atoms with Crippen LogP contribution in [0.3, 0.4) is 0 Å². The van der Waals surface area contributed by atoms with Crippen LogP contribution in [0, 0.1) is 12.3 Å². The molecule has 0 fully saturated rings. The number of terminal acetylenes is 1. The van der Waals surface area contributed by atoms with E-state index in [4.69, 9.17) is 11.2 Å². The van der Waals surface area contributed by atoms with E-state index in [-0.39, 0.29) is 6.42 Å². The van der Waals surface area contributed by atoms with Crippen molar-refractivity contribution < 1.29 is 23.0 Å². The number of hydrogen-bond acceptors (Lipinski definition) is 2. The molecule has 0 spiro atoms. The van der Waals surface area contributed by atoms with Gasteiger partial charge >= 0.3 is 6.18 Å². The molecular weight excluding hydrogens is 305 g/mol. The van der Waals surface area contributed by atoms with E-state index in [0.717, 1.165) is 17.7 Å². The number of aliphatic hydroxyl groups excluding tert-OH is 1. The molecule has 0 aliphatic rings. The number of hydrogen-bond donors (Lipinski definition) is 1. The van der Waals surface area contributed by atoms with Crippen LogP contribution >= 0.6 is 0 Å². The van der Waals surface area contributed by atoms with Gasteiger partial charge < -0.3 is 9.84 Å². The maximum atomic E-state index is 12.9. The first-order valence-electron chi connectivity index (χ1n) is 6.82. The molecular formula is C18H15F3O2. The average Bonchev–Trinajstić information content (AvgIpc) is 2.54. The SMILES string of the molecule is C#CC(O)c1ccc(C(F)(F)F)cc1Cc1ccc(OC)cc1. The Morgan fingerprint density at radius 3 is 2.35 bits per heavy atom. The third kappa shape index (κ3) is 4.05. The Morgan fingerprint density at radius 2 is 1.83 bits per heavy atom.